The van der Waals surface area contributed by atoms with E-state index in [9.17, 15) is 21.6 Å². The molecule has 8 nitrogen and oxygen atoms in total. The monoisotopic (exact) mass is 452 g/mol. The van der Waals surface area contributed by atoms with Gasteiger partial charge in [0.1, 0.15) is 10.6 Å². The van der Waals surface area contributed by atoms with Crippen molar-refractivity contribution in [3.63, 3.8) is 0 Å². The minimum atomic E-state index is -4.03. The minimum Gasteiger partial charge on any atom is -0.495 e. The molecule has 1 fully saturated rings. The zero-order valence-electron chi connectivity index (χ0n) is 17.0. The molecule has 0 spiro atoms. The molecule has 1 amide bonds. The number of sulfonamides is 1. The van der Waals surface area contributed by atoms with E-state index in [4.69, 9.17) is 4.74 Å². The van der Waals surface area contributed by atoms with Crippen LogP contribution in [-0.4, -0.2) is 59.3 Å². The number of nitrogens with one attached hydrogen (secondary N) is 1. The predicted octanol–water partition coefficient (Wildman–Crippen LogP) is 2.06. The van der Waals surface area contributed by atoms with Crippen LogP contribution in [-0.2, 0) is 19.9 Å². The van der Waals surface area contributed by atoms with Gasteiger partial charge in [0.25, 0.3) is 15.9 Å². The number of sulfone groups is 1. The van der Waals surface area contributed by atoms with Crippen molar-refractivity contribution in [3.05, 3.63) is 53.6 Å². The lowest BCUT2D eigenvalue weighted by molar-refractivity contribution is 0.0747. The third-order valence-electron chi connectivity index (χ3n) is 5.08. The second kappa shape index (κ2) is 8.27. The largest absolute Gasteiger partial charge is 0.495 e. The zero-order valence-corrected chi connectivity index (χ0v) is 18.6. The summed E-state index contributed by atoms with van der Waals surface area (Å²) in [4.78, 5) is 14.1. The average Bonchev–Trinajstić information content (AvgIpc) is 3.07. The summed E-state index contributed by atoms with van der Waals surface area (Å²) >= 11 is 0. The number of benzene rings is 2. The highest BCUT2D eigenvalue weighted by atomic mass is 32.2. The Balaban J connectivity index is 1.91. The number of carbonyl (C=O) groups excluding carboxylic acids is 1. The van der Waals surface area contributed by atoms with Gasteiger partial charge in [-0.1, -0.05) is 17.7 Å². The van der Waals surface area contributed by atoms with Crippen molar-refractivity contribution in [2.75, 3.05) is 30.4 Å². The van der Waals surface area contributed by atoms with Crippen molar-refractivity contribution in [2.24, 2.45) is 0 Å². The molecule has 1 heterocycles. The molecule has 162 valence electrons. The van der Waals surface area contributed by atoms with E-state index in [1.807, 2.05) is 6.92 Å². The SMILES string of the molecule is COc1ccc(C(=O)N(C)C2CCS(=O)(=O)C2)cc1S(=O)(=O)Nc1ccc(C)cc1. The van der Waals surface area contributed by atoms with Gasteiger partial charge in [-0.15, -0.1) is 0 Å². The Morgan fingerprint density at radius 3 is 2.40 bits per heavy atom. The molecule has 30 heavy (non-hydrogen) atoms. The molecule has 1 atom stereocenters. The molecular formula is C20H24N2O6S2. The van der Waals surface area contributed by atoms with Crippen LogP contribution in [0.25, 0.3) is 0 Å². The zero-order chi connectivity index (χ0) is 22.1. The number of hydrogen-bond acceptors (Lipinski definition) is 6. The quantitative estimate of drug-likeness (QED) is 0.718. The molecule has 1 unspecified atom stereocenters. The van der Waals surface area contributed by atoms with Gasteiger partial charge in [-0.25, -0.2) is 16.8 Å². The maximum Gasteiger partial charge on any atom is 0.265 e. The Bertz CT molecular complexity index is 1160. The molecule has 0 radical (unpaired) electrons. The van der Waals surface area contributed by atoms with Crippen molar-refractivity contribution < 1.29 is 26.4 Å². The Hall–Kier alpha value is -2.59. The van der Waals surface area contributed by atoms with Gasteiger partial charge in [-0.3, -0.25) is 9.52 Å². The van der Waals surface area contributed by atoms with E-state index in [0.717, 1.165) is 5.56 Å². The summed E-state index contributed by atoms with van der Waals surface area (Å²) in [5.74, 6) is -0.410. The number of rotatable bonds is 6. The number of carbonyl (C=O) groups is 1. The van der Waals surface area contributed by atoms with Crippen molar-refractivity contribution in [2.45, 2.75) is 24.3 Å². The number of methoxy groups -OCH3 is 1. The van der Waals surface area contributed by atoms with Crippen molar-refractivity contribution in [1.82, 2.24) is 4.90 Å². The first kappa shape index (κ1) is 22.1. The summed E-state index contributed by atoms with van der Waals surface area (Å²) in [5, 5.41) is 0. The van der Waals surface area contributed by atoms with Gasteiger partial charge < -0.3 is 9.64 Å². The van der Waals surface area contributed by atoms with E-state index in [0.29, 0.717) is 12.1 Å². The highest BCUT2D eigenvalue weighted by molar-refractivity contribution is 7.92. The smallest absolute Gasteiger partial charge is 0.265 e. The topological polar surface area (TPSA) is 110 Å². The number of nitrogens with zero attached hydrogens (tertiary/aromatic N) is 1. The standard InChI is InChI=1S/C20H24N2O6S2/c1-14-4-7-16(8-5-14)21-30(26,27)19-12-15(6-9-18(19)28-3)20(23)22(2)17-10-11-29(24,25)13-17/h4-9,12,17,21H,10-11,13H2,1-3H3. The maximum absolute atomic E-state index is 13.0. The third kappa shape index (κ3) is 4.76. The normalized spacial score (nSPS) is 18.0. The number of anilines is 1. The summed E-state index contributed by atoms with van der Waals surface area (Å²) in [6.45, 7) is 1.89. The van der Waals surface area contributed by atoms with E-state index in [-0.39, 0.29) is 27.7 Å². The predicted molar refractivity (Wildman–Crippen MR) is 114 cm³/mol. The molecule has 2 aromatic carbocycles. The number of aryl methyl sites for hydroxylation is 1. The Labute approximate surface area is 176 Å². The maximum atomic E-state index is 13.0. The van der Waals surface area contributed by atoms with Crippen molar-refractivity contribution in [1.29, 1.82) is 0 Å². The molecule has 1 aliphatic rings. The van der Waals surface area contributed by atoms with Gasteiger partial charge >= 0.3 is 0 Å². The van der Waals surface area contributed by atoms with Crippen LogP contribution in [0.4, 0.5) is 5.69 Å². The number of hydrogen-bond donors (Lipinski definition) is 1. The summed E-state index contributed by atoms with van der Waals surface area (Å²) in [5.41, 5.74) is 1.50. The fraction of sp³-hybridized carbons (Fsp3) is 0.350. The Morgan fingerprint density at radius 2 is 1.83 bits per heavy atom. The second-order valence-electron chi connectivity index (χ2n) is 7.31. The number of amides is 1. The van der Waals surface area contributed by atoms with Crippen LogP contribution in [0.3, 0.4) is 0 Å². The summed E-state index contributed by atoms with van der Waals surface area (Å²) in [6, 6.07) is 10.5. The molecule has 1 N–H and O–H groups in total. The van der Waals surface area contributed by atoms with Gasteiger partial charge in [0.2, 0.25) is 0 Å². The van der Waals surface area contributed by atoms with Gasteiger partial charge in [0, 0.05) is 24.3 Å². The fourth-order valence-electron chi connectivity index (χ4n) is 3.30. The molecule has 0 bridgehead atoms. The molecule has 3 rings (SSSR count). The lowest BCUT2D eigenvalue weighted by atomic mass is 10.1. The fourth-order valence-corrected chi connectivity index (χ4v) is 6.33. The van der Waals surface area contributed by atoms with Gasteiger partial charge in [-0.05, 0) is 43.7 Å². The summed E-state index contributed by atoms with van der Waals surface area (Å²) in [7, 11) is -4.32. The lowest BCUT2D eigenvalue weighted by Crippen LogP contribution is -2.37. The van der Waals surface area contributed by atoms with Crippen LogP contribution in [0.1, 0.15) is 22.3 Å². The third-order valence-corrected chi connectivity index (χ3v) is 8.23. The van der Waals surface area contributed by atoms with E-state index in [1.165, 1.54) is 37.3 Å². The average molecular weight is 453 g/mol. The Kier molecular flexibility index (Phi) is 6.09. The second-order valence-corrected chi connectivity index (χ2v) is 11.2. The minimum absolute atomic E-state index is 0.0397. The van der Waals surface area contributed by atoms with Crippen LogP contribution in [0.5, 0.6) is 5.75 Å². The molecule has 0 saturated carbocycles. The van der Waals surface area contributed by atoms with E-state index >= 15 is 0 Å². The van der Waals surface area contributed by atoms with Crippen LogP contribution < -0.4 is 9.46 Å². The van der Waals surface area contributed by atoms with E-state index < -0.39 is 31.8 Å². The molecule has 10 heteroatoms. The van der Waals surface area contributed by atoms with Crippen LogP contribution in [0, 0.1) is 6.92 Å². The highest BCUT2D eigenvalue weighted by Crippen LogP contribution is 2.28. The molecule has 1 aliphatic heterocycles. The molecule has 0 aliphatic carbocycles. The summed E-state index contributed by atoms with van der Waals surface area (Å²) in [6.07, 6.45) is 0.362. The van der Waals surface area contributed by atoms with Crippen LogP contribution in [0.2, 0.25) is 0 Å². The molecule has 0 aromatic heterocycles. The van der Waals surface area contributed by atoms with Crippen LogP contribution >= 0.6 is 0 Å². The molecule has 1 saturated heterocycles. The van der Waals surface area contributed by atoms with Crippen molar-refractivity contribution >= 4 is 31.5 Å². The first-order valence-corrected chi connectivity index (χ1v) is 12.6. The van der Waals surface area contributed by atoms with Gasteiger partial charge in [-0.2, -0.15) is 0 Å². The highest BCUT2D eigenvalue weighted by Gasteiger charge is 2.33. The van der Waals surface area contributed by atoms with E-state index in [1.54, 1.807) is 24.3 Å². The molecule has 2 aromatic rings. The lowest BCUT2D eigenvalue weighted by Gasteiger charge is -2.24. The first-order valence-electron chi connectivity index (χ1n) is 9.27. The number of ether oxygens (including phenoxy) is 1. The van der Waals surface area contributed by atoms with Crippen LogP contribution in [0.15, 0.2) is 47.4 Å². The van der Waals surface area contributed by atoms with Gasteiger partial charge in [0.05, 0.1) is 18.6 Å². The summed E-state index contributed by atoms with van der Waals surface area (Å²) < 4.78 is 57.0. The first-order chi connectivity index (χ1) is 14.0. The Morgan fingerprint density at radius 1 is 1.17 bits per heavy atom. The van der Waals surface area contributed by atoms with E-state index in [2.05, 4.69) is 4.72 Å². The van der Waals surface area contributed by atoms with Gasteiger partial charge in [0.15, 0.2) is 9.84 Å². The van der Waals surface area contributed by atoms with Crippen molar-refractivity contribution in [3.8, 4) is 5.75 Å². The molecular weight excluding hydrogens is 428 g/mol.